The normalized spacial score (nSPS) is 12.2. The smallest absolute Gasteiger partial charge is 0.180 e. The van der Waals surface area contributed by atoms with Gasteiger partial charge in [0.05, 0.1) is 0 Å². The molecule has 1 nitrogen and oxygen atoms in total. The predicted molar refractivity (Wildman–Crippen MR) is 76.5 cm³/mol. The average Bonchev–Trinajstić information content (AvgIpc) is 2.38. The molecular weight excluding hydrogens is 363 g/mol. The molecule has 0 aliphatic carbocycles. The minimum atomic E-state index is -0.430. The van der Waals surface area contributed by atoms with Gasteiger partial charge in [0.1, 0.15) is 10.6 Å². The van der Waals surface area contributed by atoms with Crippen LogP contribution in [0.25, 0.3) is 0 Å². The third-order valence-electron chi connectivity index (χ3n) is 2.50. The van der Waals surface area contributed by atoms with Gasteiger partial charge in [-0.05, 0) is 42.0 Å². The van der Waals surface area contributed by atoms with Crippen LogP contribution >= 0.6 is 31.9 Å². The SMILES string of the molecule is O=C(c1ccc(F)cc1)C(Br)c1cccc(Br)c1. The van der Waals surface area contributed by atoms with E-state index in [1.54, 1.807) is 0 Å². The first-order valence-electron chi connectivity index (χ1n) is 5.27. The quantitative estimate of drug-likeness (QED) is 0.553. The van der Waals surface area contributed by atoms with Crippen LogP contribution in [0.4, 0.5) is 4.39 Å². The summed E-state index contributed by atoms with van der Waals surface area (Å²) < 4.78 is 13.7. The molecule has 0 aromatic heterocycles. The van der Waals surface area contributed by atoms with E-state index in [1.807, 2.05) is 24.3 Å². The molecule has 0 aliphatic rings. The molecule has 1 atom stereocenters. The van der Waals surface area contributed by atoms with Crippen LogP contribution in [0, 0.1) is 5.82 Å². The highest BCUT2D eigenvalue weighted by molar-refractivity contribution is 9.10. The van der Waals surface area contributed by atoms with Gasteiger partial charge in [-0.3, -0.25) is 4.79 Å². The molecule has 0 spiro atoms. The van der Waals surface area contributed by atoms with Crippen LogP contribution in [0.3, 0.4) is 0 Å². The van der Waals surface area contributed by atoms with Crippen LogP contribution in [0.15, 0.2) is 53.0 Å². The van der Waals surface area contributed by atoms with Crippen molar-refractivity contribution in [3.63, 3.8) is 0 Å². The van der Waals surface area contributed by atoms with Crippen molar-refractivity contribution in [1.29, 1.82) is 0 Å². The largest absolute Gasteiger partial charge is 0.293 e. The van der Waals surface area contributed by atoms with Gasteiger partial charge < -0.3 is 0 Å². The second kappa shape index (κ2) is 5.76. The zero-order valence-electron chi connectivity index (χ0n) is 9.24. The number of benzene rings is 2. The zero-order valence-corrected chi connectivity index (χ0v) is 12.4. The number of carbonyl (C=O) groups excluding carboxylic acids is 1. The Morgan fingerprint density at radius 2 is 1.78 bits per heavy atom. The molecule has 0 fully saturated rings. The van der Waals surface area contributed by atoms with Crippen LogP contribution in [-0.4, -0.2) is 5.78 Å². The predicted octanol–water partition coefficient (Wildman–Crippen LogP) is 4.91. The summed E-state index contributed by atoms with van der Waals surface area (Å²) in [4.78, 5) is 11.8. The van der Waals surface area contributed by atoms with Gasteiger partial charge in [0.25, 0.3) is 0 Å². The van der Waals surface area contributed by atoms with E-state index < -0.39 is 4.83 Å². The fourth-order valence-electron chi connectivity index (χ4n) is 1.58. The van der Waals surface area contributed by atoms with Crippen LogP contribution in [0.5, 0.6) is 0 Å². The van der Waals surface area contributed by atoms with E-state index in [9.17, 15) is 9.18 Å². The van der Waals surface area contributed by atoms with Gasteiger partial charge in [-0.2, -0.15) is 0 Å². The maximum atomic E-state index is 12.8. The molecule has 4 heteroatoms. The van der Waals surface area contributed by atoms with Crippen molar-refractivity contribution in [2.75, 3.05) is 0 Å². The molecule has 0 radical (unpaired) electrons. The van der Waals surface area contributed by atoms with Gasteiger partial charge in [-0.15, -0.1) is 0 Å². The van der Waals surface area contributed by atoms with Crippen molar-refractivity contribution in [2.24, 2.45) is 0 Å². The second-order valence-electron chi connectivity index (χ2n) is 3.79. The number of halogens is 3. The highest BCUT2D eigenvalue weighted by Gasteiger charge is 2.18. The zero-order chi connectivity index (χ0) is 13.1. The van der Waals surface area contributed by atoms with Crippen molar-refractivity contribution in [3.05, 3.63) is 69.9 Å². The highest BCUT2D eigenvalue weighted by atomic mass is 79.9. The fraction of sp³-hybridized carbons (Fsp3) is 0.0714. The molecule has 2 aromatic carbocycles. The minimum Gasteiger partial charge on any atom is -0.293 e. The summed E-state index contributed by atoms with van der Waals surface area (Å²) >= 11 is 6.74. The topological polar surface area (TPSA) is 17.1 Å². The molecule has 0 aliphatic heterocycles. The Kier molecular flexibility index (Phi) is 4.30. The number of hydrogen-bond acceptors (Lipinski definition) is 1. The molecular formula is C14H9Br2FO. The van der Waals surface area contributed by atoms with E-state index in [4.69, 9.17) is 0 Å². The first kappa shape index (κ1) is 13.4. The Morgan fingerprint density at radius 3 is 2.39 bits per heavy atom. The molecule has 2 rings (SSSR count). The molecule has 18 heavy (non-hydrogen) atoms. The first-order valence-corrected chi connectivity index (χ1v) is 6.98. The summed E-state index contributed by atoms with van der Waals surface area (Å²) in [6, 6.07) is 13.1. The lowest BCUT2D eigenvalue weighted by Crippen LogP contribution is -2.07. The molecule has 0 saturated heterocycles. The Bertz CT molecular complexity index is 566. The Balaban J connectivity index is 2.26. The van der Waals surface area contributed by atoms with E-state index in [-0.39, 0.29) is 11.6 Å². The van der Waals surface area contributed by atoms with Gasteiger partial charge in [-0.1, -0.05) is 44.0 Å². The molecule has 0 saturated carbocycles. The van der Waals surface area contributed by atoms with Crippen LogP contribution < -0.4 is 0 Å². The van der Waals surface area contributed by atoms with Crippen LogP contribution in [0.1, 0.15) is 20.7 Å². The van der Waals surface area contributed by atoms with Crippen molar-refractivity contribution < 1.29 is 9.18 Å². The number of Topliss-reactive ketones (excluding diaryl/α,β-unsaturated/α-hetero) is 1. The van der Waals surface area contributed by atoms with E-state index in [2.05, 4.69) is 31.9 Å². The van der Waals surface area contributed by atoms with Crippen LogP contribution in [-0.2, 0) is 0 Å². The summed E-state index contributed by atoms with van der Waals surface area (Å²) in [5.74, 6) is -0.437. The molecule has 0 heterocycles. The number of ketones is 1. The van der Waals surface area contributed by atoms with E-state index >= 15 is 0 Å². The number of hydrogen-bond donors (Lipinski definition) is 0. The molecule has 0 bridgehead atoms. The van der Waals surface area contributed by atoms with Gasteiger partial charge in [0.2, 0.25) is 0 Å². The third kappa shape index (κ3) is 3.06. The Labute approximate surface area is 121 Å². The number of carbonyl (C=O) groups is 1. The highest BCUT2D eigenvalue weighted by Crippen LogP contribution is 2.28. The summed E-state index contributed by atoms with van der Waals surface area (Å²) in [6.07, 6.45) is 0. The van der Waals surface area contributed by atoms with E-state index in [0.29, 0.717) is 5.56 Å². The Hall–Kier alpha value is -1.00. The molecule has 2 aromatic rings. The van der Waals surface area contributed by atoms with Crippen molar-refractivity contribution in [3.8, 4) is 0 Å². The Morgan fingerprint density at radius 1 is 1.11 bits per heavy atom. The van der Waals surface area contributed by atoms with Crippen molar-refractivity contribution >= 4 is 37.6 Å². The minimum absolute atomic E-state index is 0.0897. The monoisotopic (exact) mass is 370 g/mol. The van der Waals surface area contributed by atoms with Crippen molar-refractivity contribution in [1.82, 2.24) is 0 Å². The van der Waals surface area contributed by atoms with Gasteiger partial charge >= 0.3 is 0 Å². The molecule has 0 N–H and O–H groups in total. The lowest BCUT2D eigenvalue weighted by molar-refractivity contribution is 0.0991. The van der Waals surface area contributed by atoms with E-state index in [0.717, 1.165) is 10.0 Å². The third-order valence-corrected chi connectivity index (χ3v) is 3.94. The summed E-state index contributed by atoms with van der Waals surface area (Å²) in [5.41, 5.74) is 1.34. The summed E-state index contributed by atoms with van der Waals surface area (Å²) in [6.45, 7) is 0. The lowest BCUT2D eigenvalue weighted by Gasteiger charge is -2.09. The maximum absolute atomic E-state index is 12.8. The molecule has 92 valence electrons. The summed E-state index contributed by atoms with van der Waals surface area (Å²) in [5, 5.41) is 0. The summed E-state index contributed by atoms with van der Waals surface area (Å²) in [7, 11) is 0. The molecule has 0 amide bonds. The van der Waals surface area contributed by atoms with Gasteiger partial charge in [-0.25, -0.2) is 4.39 Å². The first-order chi connectivity index (χ1) is 8.58. The van der Waals surface area contributed by atoms with Crippen molar-refractivity contribution in [2.45, 2.75) is 4.83 Å². The standard InChI is InChI=1S/C14H9Br2FO/c15-11-3-1-2-10(8-11)13(16)14(18)9-4-6-12(17)7-5-9/h1-8,13H. The van der Waals surface area contributed by atoms with Gasteiger partial charge in [0, 0.05) is 10.0 Å². The average molecular weight is 372 g/mol. The lowest BCUT2D eigenvalue weighted by atomic mass is 10.0. The van der Waals surface area contributed by atoms with Crippen LogP contribution in [0.2, 0.25) is 0 Å². The second-order valence-corrected chi connectivity index (χ2v) is 5.62. The fourth-order valence-corrected chi connectivity index (χ4v) is 2.54. The number of rotatable bonds is 3. The molecule has 1 unspecified atom stereocenters. The van der Waals surface area contributed by atoms with Gasteiger partial charge in [0.15, 0.2) is 5.78 Å². The van der Waals surface area contributed by atoms with E-state index in [1.165, 1.54) is 24.3 Å². The maximum Gasteiger partial charge on any atom is 0.180 e. The number of alkyl halides is 1.